The summed E-state index contributed by atoms with van der Waals surface area (Å²) < 4.78 is 7.66. The second-order valence-electron chi connectivity index (χ2n) is 6.81. The van der Waals surface area contributed by atoms with Gasteiger partial charge in [0.05, 0.1) is 12.2 Å². The van der Waals surface area contributed by atoms with Crippen LogP contribution in [0.5, 0.6) is 0 Å². The van der Waals surface area contributed by atoms with E-state index in [1.165, 1.54) is 5.56 Å². The number of nitrogens with zero attached hydrogens (tertiary/aromatic N) is 1. The topological polar surface area (TPSA) is 31.2 Å². The minimum Gasteiger partial charge on any atom is -0.462 e. The van der Waals surface area contributed by atoms with Crippen LogP contribution in [0.25, 0.3) is 16.1 Å². The summed E-state index contributed by atoms with van der Waals surface area (Å²) in [4.78, 5) is 14.1. The first-order valence-electron chi connectivity index (χ1n) is 9.75. The fourth-order valence-electron chi connectivity index (χ4n) is 3.77. The van der Waals surface area contributed by atoms with Gasteiger partial charge in [-0.25, -0.2) is 4.79 Å². The molecule has 2 heterocycles. The van der Waals surface area contributed by atoms with Crippen LogP contribution in [0.2, 0.25) is 0 Å². The highest BCUT2D eigenvalue weighted by Crippen LogP contribution is 2.38. The molecule has 4 aromatic rings. The van der Waals surface area contributed by atoms with Crippen LogP contribution >= 0.6 is 11.3 Å². The Labute approximate surface area is 175 Å². The standard InChI is InChI=1S/C25H23NO2S/c1-3-28-25(27)23-18(2)26(20-13-8-5-9-14-20)21(17-19-11-6-4-7-12-19)24(23)22-15-10-16-29-22/h4-16H,3,17H2,1-2H3. The Morgan fingerprint density at radius 2 is 1.66 bits per heavy atom. The fraction of sp³-hybridized carbons (Fsp3) is 0.160. The summed E-state index contributed by atoms with van der Waals surface area (Å²) in [6.07, 6.45) is 0.725. The number of rotatable bonds is 6. The summed E-state index contributed by atoms with van der Waals surface area (Å²) in [7, 11) is 0. The van der Waals surface area contributed by atoms with Crippen LogP contribution in [0, 0.1) is 6.92 Å². The third-order valence-corrected chi connectivity index (χ3v) is 5.87. The van der Waals surface area contributed by atoms with Gasteiger partial charge in [-0.2, -0.15) is 0 Å². The molecular formula is C25H23NO2S. The molecular weight excluding hydrogens is 378 g/mol. The number of hydrogen-bond acceptors (Lipinski definition) is 3. The number of ether oxygens (including phenoxy) is 1. The van der Waals surface area contributed by atoms with E-state index in [0.29, 0.717) is 12.2 Å². The predicted molar refractivity (Wildman–Crippen MR) is 119 cm³/mol. The molecule has 0 spiro atoms. The van der Waals surface area contributed by atoms with Crippen LogP contribution in [0.15, 0.2) is 78.2 Å². The Hall–Kier alpha value is -3.11. The molecule has 3 nitrogen and oxygen atoms in total. The van der Waals surface area contributed by atoms with E-state index in [9.17, 15) is 4.79 Å². The zero-order chi connectivity index (χ0) is 20.2. The number of aromatic nitrogens is 1. The maximum atomic E-state index is 13.0. The zero-order valence-electron chi connectivity index (χ0n) is 16.6. The van der Waals surface area contributed by atoms with Crippen molar-refractivity contribution in [3.8, 4) is 16.1 Å². The molecule has 4 rings (SSSR count). The average molecular weight is 402 g/mol. The molecule has 0 fully saturated rings. The van der Waals surface area contributed by atoms with Crippen LogP contribution in [0.1, 0.15) is 34.2 Å². The van der Waals surface area contributed by atoms with Gasteiger partial charge >= 0.3 is 5.97 Å². The van der Waals surface area contributed by atoms with Gasteiger partial charge in [-0.3, -0.25) is 0 Å². The molecule has 0 unspecified atom stereocenters. The molecule has 29 heavy (non-hydrogen) atoms. The third-order valence-electron chi connectivity index (χ3n) is 4.98. The summed E-state index contributed by atoms with van der Waals surface area (Å²) in [5.74, 6) is -0.266. The molecule has 0 N–H and O–H groups in total. The van der Waals surface area contributed by atoms with E-state index in [2.05, 4.69) is 47.0 Å². The predicted octanol–water partition coefficient (Wildman–Crippen LogP) is 6.28. The number of thiophene rings is 1. The van der Waals surface area contributed by atoms with Crippen molar-refractivity contribution < 1.29 is 9.53 Å². The van der Waals surface area contributed by atoms with Crippen LogP contribution in [0.4, 0.5) is 0 Å². The molecule has 0 saturated carbocycles. The first-order valence-corrected chi connectivity index (χ1v) is 10.6. The minimum absolute atomic E-state index is 0.266. The zero-order valence-corrected chi connectivity index (χ0v) is 17.4. The molecule has 0 amide bonds. The summed E-state index contributed by atoms with van der Waals surface area (Å²) >= 11 is 1.65. The molecule has 0 saturated heterocycles. The fourth-order valence-corrected chi connectivity index (χ4v) is 4.57. The van der Waals surface area contributed by atoms with Crippen molar-refractivity contribution in [3.63, 3.8) is 0 Å². The maximum Gasteiger partial charge on any atom is 0.340 e. The number of carbonyl (C=O) groups is 1. The molecule has 2 aromatic heterocycles. The van der Waals surface area contributed by atoms with E-state index in [0.717, 1.165) is 33.9 Å². The van der Waals surface area contributed by atoms with Gasteiger partial charge < -0.3 is 9.30 Å². The lowest BCUT2D eigenvalue weighted by atomic mass is 10.0. The largest absolute Gasteiger partial charge is 0.462 e. The minimum atomic E-state index is -0.266. The lowest BCUT2D eigenvalue weighted by Gasteiger charge is -2.13. The second-order valence-corrected chi connectivity index (χ2v) is 7.76. The van der Waals surface area contributed by atoms with E-state index >= 15 is 0 Å². The summed E-state index contributed by atoms with van der Waals surface area (Å²) in [5, 5.41) is 2.05. The van der Waals surface area contributed by atoms with E-state index in [1.54, 1.807) is 11.3 Å². The van der Waals surface area contributed by atoms with E-state index < -0.39 is 0 Å². The van der Waals surface area contributed by atoms with E-state index in [1.807, 2.05) is 49.6 Å². The second kappa shape index (κ2) is 8.50. The smallest absolute Gasteiger partial charge is 0.340 e. The summed E-state index contributed by atoms with van der Waals surface area (Å²) in [5.41, 5.74) is 5.89. The monoisotopic (exact) mass is 401 g/mol. The Morgan fingerprint density at radius 3 is 2.28 bits per heavy atom. The SMILES string of the molecule is CCOC(=O)c1c(-c2cccs2)c(Cc2ccccc2)n(-c2ccccc2)c1C. The van der Waals surface area contributed by atoms with E-state index in [-0.39, 0.29) is 5.97 Å². The molecule has 146 valence electrons. The lowest BCUT2D eigenvalue weighted by molar-refractivity contribution is 0.0526. The highest BCUT2D eigenvalue weighted by atomic mass is 32.1. The molecule has 0 aliphatic heterocycles. The van der Waals surface area contributed by atoms with Gasteiger partial charge in [-0.1, -0.05) is 54.6 Å². The molecule has 0 radical (unpaired) electrons. The molecule has 0 aliphatic carbocycles. The normalized spacial score (nSPS) is 10.8. The molecule has 2 aromatic carbocycles. The van der Waals surface area contributed by atoms with Crippen molar-refractivity contribution in [2.75, 3.05) is 6.61 Å². The highest BCUT2D eigenvalue weighted by molar-refractivity contribution is 7.13. The third kappa shape index (κ3) is 3.76. The molecule has 0 bridgehead atoms. The van der Waals surface area contributed by atoms with Crippen LogP contribution in [-0.2, 0) is 11.2 Å². The van der Waals surface area contributed by atoms with Crippen molar-refractivity contribution in [2.45, 2.75) is 20.3 Å². The van der Waals surface area contributed by atoms with E-state index in [4.69, 9.17) is 4.74 Å². The Morgan fingerprint density at radius 1 is 0.966 bits per heavy atom. The van der Waals surface area contributed by atoms with Gasteiger partial charge in [0.15, 0.2) is 0 Å². The van der Waals surface area contributed by atoms with Crippen molar-refractivity contribution in [2.24, 2.45) is 0 Å². The van der Waals surface area contributed by atoms with Crippen molar-refractivity contribution in [3.05, 3.63) is 101 Å². The molecule has 0 atom stereocenters. The Kier molecular flexibility index (Phi) is 5.63. The number of carbonyl (C=O) groups excluding carboxylic acids is 1. The van der Waals surface area contributed by atoms with Crippen LogP contribution < -0.4 is 0 Å². The average Bonchev–Trinajstić information content (AvgIpc) is 3.36. The first kappa shape index (κ1) is 19.2. The number of esters is 1. The summed E-state index contributed by atoms with van der Waals surface area (Å²) in [6, 6.07) is 24.7. The number of benzene rings is 2. The molecule has 0 aliphatic rings. The van der Waals surface area contributed by atoms with Crippen molar-refractivity contribution >= 4 is 17.3 Å². The van der Waals surface area contributed by atoms with Crippen LogP contribution in [0.3, 0.4) is 0 Å². The van der Waals surface area contributed by atoms with Gasteiger partial charge in [0.25, 0.3) is 0 Å². The summed E-state index contributed by atoms with van der Waals surface area (Å²) in [6.45, 7) is 4.20. The number of para-hydroxylation sites is 1. The molecule has 4 heteroatoms. The van der Waals surface area contributed by atoms with Crippen molar-refractivity contribution in [1.29, 1.82) is 0 Å². The Bertz CT molecular complexity index is 1100. The quantitative estimate of drug-likeness (QED) is 0.356. The van der Waals surface area contributed by atoms with Crippen LogP contribution in [-0.4, -0.2) is 17.1 Å². The van der Waals surface area contributed by atoms with Gasteiger partial charge in [0.2, 0.25) is 0 Å². The number of hydrogen-bond donors (Lipinski definition) is 0. The van der Waals surface area contributed by atoms with Crippen molar-refractivity contribution in [1.82, 2.24) is 4.57 Å². The van der Waals surface area contributed by atoms with Gasteiger partial charge in [0, 0.05) is 33.9 Å². The van der Waals surface area contributed by atoms with Gasteiger partial charge in [-0.15, -0.1) is 11.3 Å². The maximum absolute atomic E-state index is 13.0. The van der Waals surface area contributed by atoms with Gasteiger partial charge in [-0.05, 0) is 43.0 Å². The Balaban J connectivity index is 2.01. The highest BCUT2D eigenvalue weighted by Gasteiger charge is 2.28. The first-order chi connectivity index (χ1) is 14.2. The van der Waals surface area contributed by atoms with Gasteiger partial charge in [0.1, 0.15) is 0 Å². The lowest BCUT2D eigenvalue weighted by Crippen LogP contribution is -2.07.